The number of halogens is 1. The van der Waals surface area contributed by atoms with Crippen molar-refractivity contribution in [1.29, 1.82) is 0 Å². The van der Waals surface area contributed by atoms with E-state index in [1.807, 2.05) is 26.0 Å². The second-order valence-corrected chi connectivity index (χ2v) is 6.26. The molecule has 0 aliphatic heterocycles. The largest absolute Gasteiger partial charge is 0.331 e. The van der Waals surface area contributed by atoms with Gasteiger partial charge in [0.2, 0.25) is 5.91 Å². The highest BCUT2D eigenvalue weighted by Gasteiger charge is 2.10. The van der Waals surface area contributed by atoms with E-state index in [2.05, 4.69) is 16.2 Å². The second-order valence-electron chi connectivity index (χ2n) is 5.86. The van der Waals surface area contributed by atoms with E-state index >= 15 is 0 Å². The number of rotatable bonds is 5. The lowest BCUT2D eigenvalue weighted by Crippen LogP contribution is -2.43. The zero-order chi connectivity index (χ0) is 19.1. The molecule has 2 aromatic rings. The van der Waals surface area contributed by atoms with Crippen molar-refractivity contribution in [1.82, 2.24) is 10.9 Å². The lowest BCUT2D eigenvalue weighted by atomic mass is 10.0. The quantitative estimate of drug-likeness (QED) is 0.426. The number of amides is 1. The third-order valence-electron chi connectivity index (χ3n) is 3.83. The van der Waals surface area contributed by atoms with Gasteiger partial charge in [-0.05, 0) is 67.5 Å². The van der Waals surface area contributed by atoms with Gasteiger partial charge in [-0.2, -0.15) is 0 Å². The summed E-state index contributed by atoms with van der Waals surface area (Å²) in [4.78, 5) is 24.0. The summed E-state index contributed by atoms with van der Waals surface area (Å²) in [5, 5.41) is 2.96. The molecule has 0 fully saturated rings. The summed E-state index contributed by atoms with van der Waals surface area (Å²) in [7, 11) is 0. The lowest BCUT2D eigenvalue weighted by molar-refractivity contribution is -0.121. The molecule has 2 aromatic carbocycles. The number of benzene rings is 2. The molecule has 0 aliphatic rings. The van der Waals surface area contributed by atoms with Gasteiger partial charge in [-0.15, -0.1) is 0 Å². The third-order valence-corrected chi connectivity index (χ3v) is 4.03. The average Bonchev–Trinajstić information content (AvgIpc) is 2.62. The average molecular weight is 373 g/mol. The van der Waals surface area contributed by atoms with Crippen molar-refractivity contribution in [3.63, 3.8) is 0 Å². The van der Waals surface area contributed by atoms with E-state index in [1.54, 1.807) is 6.07 Å². The maximum Gasteiger partial charge on any atom is 0.238 e. The first kappa shape index (κ1) is 19.5. The van der Waals surface area contributed by atoms with Crippen LogP contribution in [0.3, 0.4) is 0 Å². The van der Waals surface area contributed by atoms with E-state index in [0.29, 0.717) is 11.3 Å². The third kappa shape index (κ3) is 5.93. The smallest absolute Gasteiger partial charge is 0.238 e. The van der Waals surface area contributed by atoms with Gasteiger partial charge in [-0.25, -0.2) is 4.39 Å². The van der Waals surface area contributed by atoms with Crippen LogP contribution in [0.5, 0.6) is 0 Å². The number of aryl methyl sites for hydroxylation is 2. The van der Waals surface area contributed by atoms with Gasteiger partial charge in [-0.1, -0.05) is 12.1 Å². The van der Waals surface area contributed by atoms with E-state index < -0.39 is 0 Å². The van der Waals surface area contributed by atoms with Crippen molar-refractivity contribution >= 4 is 34.7 Å². The molecule has 26 heavy (non-hydrogen) atoms. The summed E-state index contributed by atoms with van der Waals surface area (Å²) >= 11 is 5.03. The molecule has 0 heterocycles. The standard InChI is InChI=1S/C19H20FN3O2S/c1-12-3-4-14(11-13(12)2)17(24)9-10-18(25)22-23-19(26)21-16-7-5-15(20)6-8-16/h3-8,11H,9-10H2,1-2H3,(H,22,25)(H2,21,23,26). The van der Waals surface area contributed by atoms with Crippen molar-refractivity contribution < 1.29 is 14.0 Å². The molecule has 2 rings (SSSR count). The molecule has 0 aromatic heterocycles. The van der Waals surface area contributed by atoms with E-state index in [0.717, 1.165) is 11.1 Å². The van der Waals surface area contributed by atoms with E-state index in [4.69, 9.17) is 12.2 Å². The van der Waals surface area contributed by atoms with Crippen molar-refractivity contribution in [2.45, 2.75) is 26.7 Å². The first-order chi connectivity index (χ1) is 12.3. The maximum atomic E-state index is 12.8. The summed E-state index contributed by atoms with van der Waals surface area (Å²) in [5.41, 5.74) is 8.31. The van der Waals surface area contributed by atoms with Crippen LogP contribution >= 0.6 is 12.2 Å². The maximum absolute atomic E-state index is 12.8. The Hall–Kier alpha value is -2.80. The molecule has 0 aliphatic carbocycles. The molecule has 0 radical (unpaired) electrons. The number of hydrogen-bond donors (Lipinski definition) is 3. The molecule has 0 spiro atoms. The highest BCUT2D eigenvalue weighted by Crippen LogP contribution is 2.12. The Morgan fingerprint density at radius 3 is 2.31 bits per heavy atom. The van der Waals surface area contributed by atoms with Crippen LogP contribution < -0.4 is 16.2 Å². The van der Waals surface area contributed by atoms with E-state index in [-0.39, 0.29) is 35.5 Å². The molecule has 0 saturated heterocycles. The fraction of sp³-hybridized carbons (Fsp3) is 0.211. The molecule has 0 saturated carbocycles. The van der Waals surface area contributed by atoms with Gasteiger partial charge < -0.3 is 5.32 Å². The molecule has 3 N–H and O–H groups in total. The van der Waals surface area contributed by atoms with Gasteiger partial charge in [0, 0.05) is 24.1 Å². The van der Waals surface area contributed by atoms with Gasteiger partial charge in [0.1, 0.15) is 5.82 Å². The van der Waals surface area contributed by atoms with Crippen molar-refractivity contribution in [3.05, 3.63) is 65.0 Å². The minimum absolute atomic E-state index is 0.0396. The summed E-state index contributed by atoms with van der Waals surface area (Å²) in [6.45, 7) is 3.92. The van der Waals surface area contributed by atoms with Gasteiger partial charge in [-0.3, -0.25) is 20.4 Å². The number of Topliss-reactive ketones (excluding diaryl/α,β-unsaturated/α-hetero) is 1. The zero-order valence-corrected chi connectivity index (χ0v) is 15.4. The molecule has 7 heteroatoms. The monoisotopic (exact) mass is 373 g/mol. The van der Waals surface area contributed by atoms with Crippen LogP contribution in [0.2, 0.25) is 0 Å². The number of hydrogen-bond acceptors (Lipinski definition) is 3. The van der Waals surface area contributed by atoms with Gasteiger partial charge in [0.15, 0.2) is 10.9 Å². The van der Waals surface area contributed by atoms with Crippen LogP contribution in [0.15, 0.2) is 42.5 Å². The zero-order valence-electron chi connectivity index (χ0n) is 14.6. The molecular weight excluding hydrogens is 353 g/mol. The number of carbonyl (C=O) groups is 2. The Balaban J connectivity index is 1.74. The Morgan fingerprint density at radius 1 is 0.962 bits per heavy atom. The fourth-order valence-electron chi connectivity index (χ4n) is 2.17. The number of nitrogens with one attached hydrogen (secondary N) is 3. The minimum atomic E-state index is -0.356. The molecule has 0 atom stereocenters. The lowest BCUT2D eigenvalue weighted by Gasteiger charge is -2.11. The minimum Gasteiger partial charge on any atom is -0.331 e. The normalized spacial score (nSPS) is 10.1. The summed E-state index contributed by atoms with van der Waals surface area (Å²) < 4.78 is 12.8. The fourth-order valence-corrected chi connectivity index (χ4v) is 2.34. The Kier molecular flexibility index (Phi) is 6.80. The predicted molar refractivity (Wildman–Crippen MR) is 103 cm³/mol. The number of ketones is 1. The van der Waals surface area contributed by atoms with Gasteiger partial charge >= 0.3 is 0 Å². The second kappa shape index (κ2) is 9.05. The molecular formula is C19H20FN3O2S. The van der Waals surface area contributed by atoms with Crippen molar-refractivity contribution in [2.24, 2.45) is 0 Å². The molecule has 136 valence electrons. The van der Waals surface area contributed by atoms with Crippen LogP contribution in [-0.2, 0) is 4.79 Å². The van der Waals surface area contributed by atoms with E-state index in [1.165, 1.54) is 24.3 Å². The van der Waals surface area contributed by atoms with E-state index in [9.17, 15) is 14.0 Å². The molecule has 0 bridgehead atoms. The van der Waals surface area contributed by atoms with Crippen LogP contribution in [0, 0.1) is 19.7 Å². The van der Waals surface area contributed by atoms with Gasteiger partial charge in [0.25, 0.3) is 0 Å². The van der Waals surface area contributed by atoms with Crippen molar-refractivity contribution in [3.8, 4) is 0 Å². The number of hydrazine groups is 1. The highest BCUT2D eigenvalue weighted by atomic mass is 32.1. The Bertz CT molecular complexity index is 822. The molecule has 0 unspecified atom stereocenters. The summed E-state index contributed by atoms with van der Waals surface area (Å²) in [6.07, 6.45) is 0.145. The predicted octanol–water partition coefficient (Wildman–Crippen LogP) is 3.42. The number of anilines is 1. The number of carbonyl (C=O) groups excluding carboxylic acids is 2. The highest BCUT2D eigenvalue weighted by molar-refractivity contribution is 7.80. The Labute approximate surface area is 157 Å². The van der Waals surface area contributed by atoms with Crippen LogP contribution in [0.1, 0.15) is 34.3 Å². The first-order valence-corrected chi connectivity index (χ1v) is 8.48. The first-order valence-electron chi connectivity index (χ1n) is 8.07. The van der Waals surface area contributed by atoms with Gasteiger partial charge in [0.05, 0.1) is 0 Å². The topological polar surface area (TPSA) is 70.2 Å². The molecule has 1 amide bonds. The summed E-state index contributed by atoms with van der Waals surface area (Å²) in [6, 6.07) is 11.1. The molecule has 5 nitrogen and oxygen atoms in total. The SMILES string of the molecule is Cc1ccc(C(=O)CCC(=O)NNC(=S)Nc2ccc(F)cc2)cc1C. The van der Waals surface area contributed by atoms with Crippen LogP contribution in [-0.4, -0.2) is 16.8 Å². The van der Waals surface area contributed by atoms with Crippen LogP contribution in [0.25, 0.3) is 0 Å². The summed E-state index contributed by atoms with van der Waals surface area (Å²) in [5.74, 6) is -0.795. The Morgan fingerprint density at radius 2 is 1.65 bits per heavy atom. The van der Waals surface area contributed by atoms with Crippen molar-refractivity contribution in [2.75, 3.05) is 5.32 Å². The number of thiocarbonyl (C=S) groups is 1. The van der Waals surface area contributed by atoms with Crippen LogP contribution in [0.4, 0.5) is 10.1 Å².